The molecule has 0 amide bonds. The molecule has 2 heterocycles. The van der Waals surface area contributed by atoms with E-state index >= 15 is 0 Å². The van der Waals surface area contributed by atoms with Crippen LogP contribution < -0.4 is 10.3 Å². The number of nitrogens with zero attached hydrogens (tertiary/aromatic N) is 1. The van der Waals surface area contributed by atoms with Crippen LogP contribution in [0, 0.1) is 5.92 Å². The number of nitrogens with one attached hydrogen (secondary N) is 1. The van der Waals surface area contributed by atoms with E-state index in [0.29, 0.717) is 23.3 Å². The molecule has 0 saturated carbocycles. The number of aromatic amines is 1. The predicted octanol–water partition coefficient (Wildman–Crippen LogP) is 3.64. The molecule has 1 unspecified atom stereocenters. The van der Waals surface area contributed by atoms with E-state index in [1.165, 1.54) is 0 Å². The highest BCUT2D eigenvalue weighted by molar-refractivity contribution is 6.32. The zero-order chi connectivity index (χ0) is 16.6. The van der Waals surface area contributed by atoms with Gasteiger partial charge in [-0.15, -0.1) is 0 Å². The first kappa shape index (κ1) is 16.3. The minimum absolute atomic E-state index is 0.0433. The Morgan fingerprint density at radius 3 is 2.83 bits per heavy atom. The lowest BCUT2D eigenvalue weighted by atomic mass is 10.0. The second-order valence-corrected chi connectivity index (χ2v) is 7.21. The molecule has 0 bridgehead atoms. The summed E-state index contributed by atoms with van der Waals surface area (Å²) in [5.41, 5.74) is 1.50. The van der Waals surface area contributed by atoms with E-state index in [4.69, 9.17) is 16.3 Å². The molecule has 0 spiro atoms. The van der Waals surface area contributed by atoms with Crippen molar-refractivity contribution >= 4 is 22.5 Å². The summed E-state index contributed by atoms with van der Waals surface area (Å²) in [6.45, 7) is 6.84. The van der Waals surface area contributed by atoms with E-state index in [-0.39, 0.29) is 11.5 Å². The number of H-pyrrole nitrogens is 1. The number of halogens is 1. The summed E-state index contributed by atoms with van der Waals surface area (Å²) >= 11 is 6.36. The summed E-state index contributed by atoms with van der Waals surface area (Å²) in [5, 5.41) is 1.52. The van der Waals surface area contributed by atoms with Crippen LogP contribution in [-0.2, 0) is 0 Å². The van der Waals surface area contributed by atoms with Gasteiger partial charge in [-0.05, 0) is 38.1 Å². The minimum Gasteiger partial charge on any atom is -0.492 e. The SMILES string of the molecule is CC(C)c1cc2cc(Cl)c(OCC3CCN(C)C3)cc2[nH]c1=O. The molecular formula is C18H23ClN2O2. The molecule has 3 rings (SSSR count). The highest BCUT2D eigenvalue weighted by Gasteiger charge is 2.20. The van der Waals surface area contributed by atoms with E-state index in [9.17, 15) is 4.79 Å². The maximum absolute atomic E-state index is 12.1. The van der Waals surface area contributed by atoms with Crippen molar-refractivity contribution in [1.82, 2.24) is 9.88 Å². The van der Waals surface area contributed by atoms with Gasteiger partial charge >= 0.3 is 0 Å². The number of rotatable bonds is 4. The molecule has 1 aromatic carbocycles. The van der Waals surface area contributed by atoms with Crippen LogP contribution in [0.5, 0.6) is 5.75 Å². The lowest BCUT2D eigenvalue weighted by Crippen LogP contribution is -2.18. The van der Waals surface area contributed by atoms with Crippen molar-refractivity contribution in [2.75, 3.05) is 26.7 Å². The highest BCUT2D eigenvalue weighted by atomic mass is 35.5. The Morgan fingerprint density at radius 1 is 1.39 bits per heavy atom. The fraction of sp³-hybridized carbons (Fsp3) is 0.500. The van der Waals surface area contributed by atoms with Crippen LogP contribution in [0.15, 0.2) is 23.0 Å². The summed E-state index contributed by atoms with van der Waals surface area (Å²) in [6.07, 6.45) is 1.15. The maximum Gasteiger partial charge on any atom is 0.251 e. The number of benzene rings is 1. The summed E-state index contributed by atoms with van der Waals surface area (Å²) in [6, 6.07) is 5.62. The van der Waals surface area contributed by atoms with Gasteiger partial charge in [0.2, 0.25) is 0 Å². The van der Waals surface area contributed by atoms with Crippen molar-refractivity contribution in [3.8, 4) is 5.75 Å². The maximum atomic E-state index is 12.1. The number of aromatic nitrogens is 1. The zero-order valence-electron chi connectivity index (χ0n) is 13.9. The van der Waals surface area contributed by atoms with Gasteiger partial charge in [-0.25, -0.2) is 0 Å². The van der Waals surface area contributed by atoms with Gasteiger partial charge in [-0.3, -0.25) is 4.79 Å². The zero-order valence-corrected chi connectivity index (χ0v) is 14.6. The minimum atomic E-state index is -0.0433. The van der Waals surface area contributed by atoms with Crippen LogP contribution in [0.2, 0.25) is 5.02 Å². The second kappa shape index (κ2) is 6.54. The molecule has 5 heteroatoms. The van der Waals surface area contributed by atoms with Crippen molar-refractivity contribution in [2.45, 2.75) is 26.2 Å². The van der Waals surface area contributed by atoms with Crippen LogP contribution >= 0.6 is 11.6 Å². The van der Waals surface area contributed by atoms with Crippen molar-refractivity contribution in [1.29, 1.82) is 0 Å². The molecule has 1 aliphatic heterocycles. The third-order valence-electron chi connectivity index (χ3n) is 4.51. The predicted molar refractivity (Wildman–Crippen MR) is 94.8 cm³/mol. The lowest BCUT2D eigenvalue weighted by Gasteiger charge is -2.14. The van der Waals surface area contributed by atoms with Gasteiger partial charge in [0.05, 0.1) is 17.1 Å². The summed E-state index contributed by atoms with van der Waals surface area (Å²) in [5.74, 6) is 1.35. The van der Waals surface area contributed by atoms with Gasteiger partial charge in [-0.2, -0.15) is 0 Å². The Bertz CT molecular complexity index is 769. The molecule has 1 N–H and O–H groups in total. The molecule has 1 atom stereocenters. The Balaban J connectivity index is 1.85. The lowest BCUT2D eigenvalue weighted by molar-refractivity contribution is 0.249. The summed E-state index contributed by atoms with van der Waals surface area (Å²) in [7, 11) is 2.13. The average molecular weight is 335 g/mol. The fourth-order valence-electron chi connectivity index (χ4n) is 3.13. The van der Waals surface area contributed by atoms with Gasteiger partial charge in [0, 0.05) is 29.5 Å². The van der Waals surface area contributed by atoms with E-state index in [1.54, 1.807) is 0 Å². The normalized spacial score (nSPS) is 18.9. The smallest absolute Gasteiger partial charge is 0.251 e. The van der Waals surface area contributed by atoms with E-state index < -0.39 is 0 Å². The van der Waals surface area contributed by atoms with Crippen LogP contribution in [0.3, 0.4) is 0 Å². The first-order chi connectivity index (χ1) is 10.9. The molecule has 1 aromatic heterocycles. The van der Waals surface area contributed by atoms with E-state index in [0.717, 1.165) is 36.0 Å². The molecular weight excluding hydrogens is 312 g/mol. The number of ether oxygens (including phenoxy) is 1. The standard InChI is InChI=1S/C18H23ClN2O2/c1-11(2)14-6-13-7-15(19)17(8-16(13)20-18(14)22)23-10-12-4-5-21(3)9-12/h6-8,11-12H,4-5,9-10H2,1-3H3,(H,20,22). The largest absolute Gasteiger partial charge is 0.492 e. The monoisotopic (exact) mass is 334 g/mol. The molecule has 1 fully saturated rings. The Labute approximate surface area is 141 Å². The van der Waals surface area contributed by atoms with E-state index in [2.05, 4.69) is 16.9 Å². The van der Waals surface area contributed by atoms with Gasteiger partial charge in [-0.1, -0.05) is 25.4 Å². The number of hydrogen-bond donors (Lipinski definition) is 1. The molecule has 23 heavy (non-hydrogen) atoms. The number of likely N-dealkylation sites (tertiary alicyclic amines) is 1. The third kappa shape index (κ3) is 3.54. The first-order valence-electron chi connectivity index (χ1n) is 8.12. The summed E-state index contributed by atoms with van der Waals surface area (Å²) < 4.78 is 5.91. The Hall–Kier alpha value is -1.52. The molecule has 0 aliphatic carbocycles. The van der Waals surface area contributed by atoms with Gasteiger partial charge in [0.1, 0.15) is 5.75 Å². The van der Waals surface area contributed by atoms with E-state index in [1.807, 2.05) is 32.0 Å². The number of hydrogen-bond acceptors (Lipinski definition) is 3. The first-order valence-corrected chi connectivity index (χ1v) is 8.49. The highest BCUT2D eigenvalue weighted by Crippen LogP contribution is 2.30. The van der Waals surface area contributed by atoms with Crippen LogP contribution in [0.25, 0.3) is 10.9 Å². The number of fused-ring (bicyclic) bond motifs is 1. The quantitative estimate of drug-likeness (QED) is 0.928. The van der Waals surface area contributed by atoms with Crippen LogP contribution in [0.1, 0.15) is 31.7 Å². The summed E-state index contributed by atoms with van der Waals surface area (Å²) in [4.78, 5) is 17.4. The second-order valence-electron chi connectivity index (χ2n) is 6.81. The Kier molecular flexibility index (Phi) is 4.64. The van der Waals surface area contributed by atoms with Gasteiger partial charge in [0.15, 0.2) is 0 Å². The number of pyridine rings is 1. The molecule has 1 saturated heterocycles. The van der Waals surface area contributed by atoms with Crippen molar-refractivity contribution in [3.05, 3.63) is 39.1 Å². The molecule has 1 aliphatic rings. The van der Waals surface area contributed by atoms with Crippen LogP contribution in [0.4, 0.5) is 0 Å². The molecule has 4 nitrogen and oxygen atoms in total. The molecule has 2 aromatic rings. The molecule has 124 valence electrons. The fourth-order valence-corrected chi connectivity index (χ4v) is 3.36. The van der Waals surface area contributed by atoms with Crippen molar-refractivity contribution in [2.24, 2.45) is 5.92 Å². The Morgan fingerprint density at radius 2 is 2.17 bits per heavy atom. The third-order valence-corrected chi connectivity index (χ3v) is 4.81. The average Bonchev–Trinajstić information content (AvgIpc) is 2.90. The molecule has 0 radical (unpaired) electrons. The van der Waals surface area contributed by atoms with Crippen molar-refractivity contribution < 1.29 is 4.74 Å². The van der Waals surface area contributed by atoms with Crippen LogP contribution in [-0.4, -0.2) is 36.6 Å². The topological polar surface area (TPSA) is 45.3 Å². The van der Waals surface area contributed by atoms with Crippen molar-refractivity contribution in [3.63, 3.8) is 0 Å². The van der Waals surface area contributed by atoms with Gasteiger partial charge in [0.25, 0.3) is 5.56 Å². The van der Waals surface area contributed by atoms with Gasteiger partial charge < -0.3 is 14.6 Å².